The smallest absolute Gasteiger partial charge is 0.331 e. The topological polar surface area (TPSA) is 26.3 Å². The summed E-state index contributed by atoms with van der Waals surface area (Å²) in [6.45, 7) is 5.54. The minimum atomic E-state index is -0.318. The summed E-state index contributed by atoms with van der Waals surface area (Å²) in [4.78, 5) is 10.8. The van der Waals surface area contributed by atoms with Crippen LogP contribution in [0.1, 0.15) is 6.92 Å². The van der Waals surface area contributed by atoms with Crippen LogP contribution < -0.4 is 0 Å². The van der Waals surface area contributed by atoms with Gasteiger partial charge in [0.15, 0.2) is 0 Å². The second-order valence-electron chi connectivity index (χ2n) is 2.04. The molecule has 62 valence electrons. The van der Waals surface area contributed by atoms with Crippen LogP contribution in [0.2, 0.25) is 0 Å². The van der Waals surface area contributed by atoms with E-state index in [1.165, 1.54) is 12.2 Å². The van der Waals surface area contributed by atoms with Gasteiger partial charge in [-0.1, -0.05) is 34.2 Å². The zero-order valence-electron chi connectivity index (χ0n) is 6.47. The lowest BCUT2D eigenvalue weighted by Gasteiger charge is -1.96. The Kier molecular flexibility index (Phi) is 5.84. The molecule has 0 fully saturated rings. The number of halogens is 1. The maximum Gasteiger partial charge on any atom is 0.331 e. The van der Waals surface area contributed by atoms with E-state index in [9.17, 15) is 4.79 Å². The molecule has 0 rings (SSSR count). The highest BCUT2D eigenvalue weighted by atomic mass is 79.9. The van der Waals surface area contributed by atoms with Crippen LogP contribution in [0, 0.1) is 0 Å². The molecule has 3 heteroatoms. The van der Waals surface area contributed by atoms with Crippen molar-refractivity contribution in [3.63, 3.8) is 0 Å². The number of carbonyl (C=O) groups excluding carboxylic acids is 1. The zero-order chi connectivity index (χ0) is 8.69. The fraction of sp³-hybridized carbons (Fsp3) is 0.375. The normalized spacial score (nSPS) is 10.9. The highest BCUT2D eigenvalue weighted by Gasteiger charge is 1.95. The van der Waals surface area contributed by atoms with Gasteiger partial charge in [-0.25, -0.2) is 4.79 Å². The van der Waals surface area contributed by atoms with E-state index in [-0.39, 0.29) is 12.6 Å². The molecule has 0 saturated carbocycles. The number of alkyl halides is 1. The summed E-state index contributed by atoms with van der Waals surface area (Å²) in [5, 5.41) is 0.691. The summed E-state index contributed by atoms with van der Waals surface area (Å²) < 4.78 is 4.71. The van der Waals surface area contributed by atoms with Crippen molar-refractivity contribution in [3.05, 3.63) is 24.3 Å². The first kappa shape index (κ1) is 10.4. The minimum Gasteiger partial charge on any atom is -0.458 e. The van der Waals surface area contributed by atoms with Crippen molar-refractivity contribution in [1.29, 1.82) is 0 Å². The summed E-state index contributed by atoms with van der Waals surface area (Å²) in [5.74, 6) is -0.318. The SMILES string of the molecule is C=CCOC(=O)/C=C(\C)CBr. The molecule has 0 atom stereocenters. The second-order valence-corrected chi connectivity index (χ2v) is 2.60. The van der Waals surface area contributed by atoms with Crippen LogP contribution >= 0.6 is 15.9 Å². The molecule has 2 nitrogen and oxygen atoms in total. The molecular formula is C8H11BrO2. The highest BCUT2D eigenvalue weighted by molar-refractivity contribution is 9.09. The van der Waals surface area contributed by atoms with E-state index < -0.39 is 0 Å². The number of allylic oxidation sites excluding steroid dienone is 1. The van der Waals surface area contributed by atoms with E-state index in [4.69, 9.17) is 4.74 Å². The third-order valence-corrected chi connectivity index (χ3v) is 1.80. The van der Waals surface area contributed by atoms with Crippen LogP contribution in [-0.2, 0) is 9.53 Å². The Hall–Kier alpha value is -0.570. The summed E-state index contributed by atoms with van der Waals surface area (Å²) >= 11 is 3.22. The predicted octanol–water partition coefficient (Wildman–Crippen LogP) is 2.06. The van der Waals surface area contributed by atoms with Gasteiger partial charge in [0, 0.05) is 11.4 Å². The zero-order valence-corrected chi connectivity index (χ0v) is 8.06. The van der Waals surface area contributed by atoms with E-state index in [1.807, 2.05) is 6.92 Å². The van der Waals surface area contributed by atoms with Crippen LogP contribution in [0.4, 0.5) is 0 Å². The van der Waals surface area contributed by atoms with Gasteiger partial charge in [-0.15, -0.1) is 0 Å². The fourth-order valence-electron chi connectivity index (χ4n) is 0.422. The standard InChI is InChI=1S/C8H11BrO2/c1-3-4-11-8(10)5-7(2)6-9/h3,5H,1,4,6H2,2H3/b7-5+. The van der Waals surface area contributed by atoms with Crippen molar-refractivity contribution in [1.82, 2.24) is 0 Å². The Morgan fingerprint density at radius 1 is 1.73 bits per heavy atom. The maximum absolute atomic E-state index is 10.8. The fourth-order valence-corrected chi connectivity index (χ4v) is 0.584. The lowest BCUT2D eigenvalue weighted by Crippen LogP contribution is -2.01. The average molecular weight is 219 g/mol. The van der Waals surface area contributed by atoms with Gasteiger partial charge in [-0.05, 0) is 6.92 Å². The van der Waals surface area contributed by atoms with Crippen LogP contribution in [0.15, 0.2) is 24.3 Å². The molecule has 0 N–H and O–H groups in total. The van der Waals surface area contributed by atoms with Gasteiger partial charge in [0.2, 0.25) is 0 Å². The van der Waals surface area contributed by atoms with Crippen molar-refractivity contribution in [3.8, 4) is 0 Å². The molecule has 0 aromatic rings. The monoisotopic (exact) mass is 218 g/mol. The van der Waals surface area contributed by atoms with Gasteiger partial charge in [-0.3, -0.25) is 0 Å². The first-order valence-electron chi connectivity index (χ1n) is 3.21. The molecule has 0 aliphatic heterocycles. The van der Waals surface area contributed by atoms with Gasteiger partial charge in [0.25, 0.3) is 0 Å². The van der Waals surface area contributed by atoms with Crippen LogP contribution in [0.5, 0.6) is 0 Å². The number of carbonyl (C=O) groups is 1. The van der Waals surface area contributed by atoms with Crippen molar-refractivity contribution in [2.45, 2.75) is 6.92 Å². The van der Waals surface area contributed by atoms with Gasteiger partial charge >= 0.3 is 5.97 Å². The van der Waals surface area contributed by atoms with E-state index in [1.54, 1.807) is 0 Å². The Morgan fingerprint density at radius 2 is 2.36 bits per heavy atom. The minimum absolute atomic E-state index is 0.269. The maximum atomic E-state index is 10.8. The molecule has 0 aromatic heterocycles. The molecular weight excluding hydrogens is 208 g/mol. The molecule has 0 aliphatic carbocycles. The van der Waals surface area contributed by atoms with Gasteiger partial charge < -0.3 is 4.74 Å². The molecule has 0 saturated heterocycles. The van der Waals surface area contributed by atoms with E-state index in [0.29, 0.717) is 5.33 Å². The average Bonchev–Trinajstić information content (AvgIpc) is 2.00. The largest absolute Gasteiger partial charge is 0.458 e. The number of rotatable bonds is 4. The molecule has 0 amide bonds. The summed E-state index contributed by atoms with van der Waals surface area (Å²) in [7, 11) is 0. The lowest BCUT2D eigenvalue weighted by atomic mass is 10.3. The molecule has 11 heavy (non-hydrogen) atoms. The Labute approximate surface area is 75.1 Å². The molecule has 0 unspecified atom stereocenters. The van der Waals surface area contributed by atoms with E-state index >= 15 is 0 Å². The van der Waals surface area contributed by atoms with Gasteiger partial charge in [-0.2, -0.15) is 0 Å². The van der Waals surface area contributed by atoms with Crippen LogP contribution in [0.3, 0.4) is 0 Å². The summed E-state index contributed by atoms with van der Waals surface area (Å²) in [6, 6.07) is 0. The third-order valence-electron chi connectivity index (χ3n) is 0.918. The van der Waals surface area contributed by atoms with Gasteiger partial charge in [0.05, 0.1) is 0 Å². The lowest BCUT2D eigenvalue weighted by molar-refractivity contribution is -0.136. The summed E-state index contributed by atoms with van der Waals surface area (Å²) in [6.07, 6.45) is 2.99. The first-order chi connectivity index (χ1) is 5.20. The molecule has 0 spiro atoms. The Morgan fingerprint density at radius 3 is 2.82 bits per heavy atom. The quantitative estimate of drug-likeness (QED) is 0.313. The van der Waals surface area contributed by atoms with Crippen LogP contribution in [-0.4, -0.2) is 17.9 Å². The van der Waals surface area contributed by atoms with Crippen molar-refractivity contribution >= 4 is 21.9 Å². The predicted molar refractivity (Wildman–Crippen MR) is 48.7 cm³/mol. The molecule has 0 aromatic carbocycles. The number of esters is 1. The molecule has 0 aliphatic rings. The molecule has 0 radical (unpaired) electrons. The highest BCUT2D eigenvalue weighted by Crippen LogP contribution is 1.97. The summed E-state index contributed by atoms with van der Waals surface area (Å²) in [5.41, 5.74) is 0.944. The number of hydrogen-bond acceptors (Lipinski definition) is 2. The van der Waals surface area contributed by atoms with Crippen LogP contribution in [0.25, 0.3) is 0 Å². The molecule has 0 heterocycles. The number of ether oxygens (including phenoxy) is 1. The van der Waals surface area contributed by atoms with Crippen molar-refractivity contribution in [2.24, 2.45) is 0 Å². The van der Waals surface area contributed by atoms with Crippen molar-refractivity contribution < 1.29 is 9.53 Å². The van der Waals surface area contributed by atoms with E-state index in [2.05, 4.69) is 22.5 Å². The van der Waals surface area contributed by atoms with E-state index in [0.717, 1.165) is 5.57 Å². The number of hydrogen-bond donors (Lipinski definition) is 0. The first-order valence-corrected chi connectivity index (χ1v) is 4.33. The third kappa shape index (κ3) is 5.85. The second kappa shape index (κ2) is 6.16. The Bertz CT molecular complexity index is 173. The van der Waals surface area contributed by atoms with Gasteiger partial charge in [0.1, 0.15) is 6.61 Å². The van der Waals surface area contributed by atoms with Crippen molar-refractivity contribution in [2.75, 3.05) is 11.9 Å². The Balaban J connectivity index is 3.76. The molecule has 0 bridgehead atoms.